The summed E-state index contributed by atoms with van der Waals surface area (Å²) < 4.78 is 27.7. The molecule has 1 saturated heterocycles. The first-order valence-corrected chi connectivity index (χ1v) is 11.5. The van der Waals surface area contributed by atoms with Crippen LogP contribution in [0.25, 0.3) is 0 Å². The zero-order valence-corrected chi connectivity index (χ0v) is 17.6. The minimum Gasteiger partial charge on any atom is -0.298 e. The molecule has 1 aliphatic heterocycles. The van der Waals surface area contributed by atoms with Crippen molar-refractivity contribution in [3.05, 3.63) is 29.8 Å². The predicted molar refractivity (Wildman–Crippen MR) is 107 cm³/mol. The lowest BCUT2D eigenvalue weighted by molar-refractivity contribution is 0.0786. The Bertz CT molecular complexity index is 699. The van der Waals surface area contributed by atoms with E-state index >= 15 is 0 Å². The lowest BCUT2D eigenvalue weighted by Gasteiger charge is -2.43. The molecule has 1 saturated carbocycles. The van der Waals surface area contributed by atoms with Gasteiger partial charge in [0, 0.05) is 32.2 Å². The molecule has 4 nitrogen and oxygen atoms in total. The van der Waals surface area contributed by atoms with E-state index in [1.54, 1.807) is 16.4 Å². The molecule has 1 aliphatic carbocycles. The van der Waals surface area contributed by atoms with Crippen molar-refractivity contribution >= 4 is 10.0 Å². The third-order valence-corrected chi connectivity index (χ3v) is 8.08. The molecule has 1 aromatic carbocycles. The van der Waals surface area contributed by atoms with E-state index in [0.717, 1.165) is 24.6 Å². The predicted octanol–water partition coefficient (Wildman–Crippen LogP) is 3.87. The maximum Gasteiger partial charge on any atom is 0.243 e. The molecule has 2 atom stereocenters. The molecule has 3 rings (SSSR count). The molecule has 1 aromatic rings. The number of piperazine rings is 1. The van der Waals surface area contributed by atoms with Gasteiger partial charge in [0.2, 0.25) is 10.0 Å². The van der Waals surface area contributed by atoms with E-state index in [0.29, 0.717) is 24.0 Å². The van der Waals surface area contributed by atoms with Crippen molar-refractivity contribution < 1.29 is 8.42 Å². The Morgan fingerprint density at radius 2 is 1.50 bits per heavy atom. The molecular weight excluding hydrogens is 344 g/mol. The molecule has 0 radical (unpaired) electrons. The van der Waals surface area contributed by atoms with Crippen molar-refractivity contribution in [2.45, 2.75) is 69.7 Å². The van der Waals surface area contributed by atoms with Crippen LogP contribution in [-0.4, -0.2) is 49.8 Å². The Morgan fingerprint density at radius 3 is 2.04 bits per heavy atom. The van der Waals surface area contributed by atoms with Crippen LogP contribution in [0.2, 0.25) is 0 Å². The van der Waals surface area contributed by atoms with Crippen LogP contribution in [0.3, 0.4) is 0 Å². The summed E-state index contributed by atoms with van der Waals surface area (Å²) in [5.41, 5.74) is 1.19. The standard InChI is InChI=1S/C21H34N2O2S/c1-17-7-5-6-8-20(17)22-13-15-23(16-14-22)26(24,25)19-11-9-18(10-12-19)21(2,3)4/h9-12,17,20H,5-8,13-16H2,1-4H3/t17-,20-/m0/s1. The van der Waals surface area contributed by atoms with Crippen LogP contribution in [0.15, 0.2) is 29.2 Å². The van der Waals surface area contributed by atoms with Gasteiger partial charge in [-0.25, -0.2) is 8.42 Å². The normalized spacial score (nSPS) is 26.8. The van der Waals surface area contributed by atoms with E-state index in [-0.39, 0.29) is 5.41 Å². The first-order valence-electron chi connectivity index (χ1n) is 10.0. The zero-order chi connectivity index (χ0) is 18.9. The van der Waals surface area contributed by atoms with Crippen LogP contribution in [-0.2, 0) is 15.4 Å². The summed E-state index contributed by atoms with van der Waals surface area (Å²) in [7, 11) is -3.39. The van der Waals surface area contributed by atoms with Crippen molar-refractivity contribution in [1.82, 2.24) is 9.21 Å². The molecule has 0 amide bonds. The summed E-state index contributed by atoms with van der Waals surface area (Å²) in [5.74, 6) is 0.733. The Hall–Kier alpha value is -0.910. The van der Waals surface area contributed by atoms with Gasteiger partial charge < -0.3 is 0 Å². The van der Waals surface area contributed by atoms with Gasteiger partial charge in [-0.05, 0) is 41.9 Å². The molecule has 0 unspecified atom stereocenters. The van der Waals surface area contributed by atoms with Gasteiger partial charge in [-0.1, -0.05) is 52.7 Å². The third-order valence-electron chi connectivity index (χ3n) is 6.17. The molecule has 2 aliphatic rings. The fraction of sp³-hybridized carbons (Fsp3) is 0.714. The molecule has 5 heteroatoms. The van der Waals surface area contributed by atoms with Crippen molar-refractivity contribution in [3.63, 3.8) is 0 Å². The summed E-state index contributed by atoms with van der Waals surface area (Å²) in [6, 6.07) is 8.08. The van der Waals surface area contributed by atoms with E-state index < -0.39 is 10.0 Å². The number of sulfonamides is 1. The second kappa shape index (κ2) is 7.61. The molecular formula is C21H34N2O2S. The quantitative estimate of drug-likeness (QED) is 0.802. The van der Waals surface area contributed by atoms with Gasteiger partial charge in [0.1, 0.15) is 0 Å². The van der Waals surface area contributed by atoms with E-state index in [2.05, 4.69) is 32.6 Å². The molecule has 26 heavy (non-hydrogen) atoms. The van der Waals surface area contributed by atoms with Crippen LogP contribution >= 0.6 is 0 Å². The molecule has 0 N–H and O–H groups in total. The Kier molecular flexibility index (Phi) is 5.80. The lowest BCUT2D eigenvalue weighted by Crippen LogP contribution is -2.53. The van der Waals surface area contributed by atoms with Crippen molar-refractivity contribution in [3.8, 4) is 0 Å². The van der Waals surface area contributed by atoms with Crippen LogP contribution in [0, 0.1) is 5.92 Å². The molecule has 146 valence electrons. The fourth-order valence-corrected chi connectivity index (χ4v) is 5.81. The molecule has 0 bridgehead atoms. The number of hydrogen-bond acceptors (Lipinski definition) is 3. The van der Waals surface area contributed by atoms with E-state index in [1.165, 1.54) is 25.7 Å². The first kappa shape index (κ1) is 19.8. The average Bonchev–Trinajstić information content (AvgIpc) is 2.62. The van der Waals surface area contributed by atoms with E-state index in [4.69, 9.17) is 0 Å². The molecule has 0 aromatic heterocycles. The topological polar surface area (TPSA) is 40.6 Å². The maximum absolute atomic E-state index is 13.0. The average molecular weight is 379 g/mol. The smallest absolute Gasteiger partial charge is 0.243 e. The van der Waals surface area contributed by atoms with Crippen LogP contribution in [0.5, 0.6) is 0 Å². The SMILES string of the molecule is C[C@H]1CCCC[C@@H]1N1CCN(S(=O)(=O)c2ccc(C(C)(C)C)cc2)CC1. The highest BCUT2D eigenvalue weighted by Gasteiger charge is 2.33. The monoisotopic (exact) mass is 378 g/mol. The van der Waals surface area contributed by atoms with Crippen LogP contribution < -0.4 is 0 Å². The second-order valence-electron chi connectivity index (χ2n) is 9.04. The van der Waals surface area contributed by atoms with Crippen molar-refractivity contribution in [1.29, 1.82) is 0 Å². The van der Waals surface area contributed by atoms with E-state index in [1.807, 2.05) is 12.1 Å². The van der Waals surface area contributed by atoms with Crippen molar-refractivity contribution in [2.24, 2.45) is 5.92 Å². The second-order valence-corrected chi connectivity index (χ2v) is 11.0. The van der Waals surface area contributed by atoms with Crippen LogP contribution in [0.1, 0.15) is 58.9 Å². The summed E-state index contributed by atoms with van der Waals surface area (Å²) in [5, 5.41) is 0. The fourth-order valence-electron chi connectivity index (χ4n) is 4.39. The minimum atomic E-state index is -3.39. The third kappa shape index (κ3) is 4.15. The summed E-state index contributed by atoms with van der Waals surface area (Å²) in [6.45, 7) is 11.7. The number of nitrogens with zero attached hydrogens (tertiary/aromatic N) is 2. The van der Waals surface area contributed by atoms with Gasteiger partial charge in [0.05, 0.1) is 4.90 Å². The summed E-state index contributed by atoms with van der Waals surface area (Å²) in [6.07, 6.45) is 5.23. The Labute approximate surface area is 159 Å². The Balaban J connectivity index is 1.66. The number of hydrogen-bond donors (Lipinski definition) is 0. The summed E-state index contributed by atoms with van der Waals surface area (Å²) in [4.78, 5) is 2.95. The highest BCUT2D eigenvalue weighted by molar-refractivity contribution is 7.89. The van der Waals surface area contributed by atoms with Gasteiger partial charge in [-0.15, -0.1) is 0 Å². The van der Waals surface area contributed by atoms with Crippen molar-refractivity contribution in [2.75, 3.05) is 26.2 Å². The zero-order valence-electron chi connectivity index (χ0n) is 16.7. The Morgan fingerprint density at radius 1 is 0.923 bits per heavy atom. The summed E-state index contributed by atoms with van der Waals surface area (Å²) >= 11 is 0. The maximum atomic E-state index is 13.0. The van der Waals surface area contributed by atoms with Gasteiger partial charge in [-0.3, -0.25) is 4.90 Å². The number of rotatable bonds is 3. The molecule has 1 heterocycles. The number of benzene rings is 1. The highest BCUT2D eigenvalue weighted by Crippen LogP contribution is 2.30. The van der Waals surface area contributed by atoms with Gasteiger partial charge in [0.15, 0.2) is 0 Å². The van der Waals surface area contributed by atoms with Crippen LogP contribution in [0.4, 0.5) is 0 Å². The largest absolute Gasteiger partial charge is 0.298 e. The lowest BCUT2D eigenvalue weighted by atomic mass is 9.84. The van der Waals surface area contributed by atoms with E-state index in [9.17, 15) is 8.42 Å². The minimum absolute atomic E-state index is 0.0323. The molecule has 2 fully saturated rings. The first-order chi connectivity index (χ1) is 12.2. The molecule has 0 spiro atoms. The van der Waals surface area contributed by atoms with Gasteiger partial charge >= 0.3 is 0 Å². The van der Waals surface area contributed by atoms with Gasteiger partial charge in [-0.2, -0.15) is 4.31 Å². The highest BCUT2D eigenvalue weighted by atomic mass is 32.2. The van der Waals surface area contributed by atoms with Gasteiger partial charge in [0.25, 0.3) is 0 Å².